The lowest BCUT2D eigenvalue weighted by Gasteiger charge is -2.28. The molecule has 2 heterocycles. The van der Waals surface area contributed by atoms with E-state index in [-0.39, 0.29) is 18.1 Å². The molecular formula is C16H21ClN2O2. The van der Waals surface area contributed by atoms with Crippen LogP contribution in [0.25, 0.3) is 0 Å². The van der Waals surface area contributed by atoms with E-state index in [0.29, 0.717) is 17.4 Å². The standard InChI is InChI=1S/C16H21ClN2O2/c1-3-14-10(4-5-21-14)16(18-2)11-6-9-7-15(20)19-13(9)8-12(11)17/h6,8,10,14,16,18H,3-5,7H2,1-2H3,(H,19,20). The van der Waals surface area contributed by atoms with Gasteiger partial charge in [-0.15, -0.1) is 0 Å². The summed E-state index contributed by atoms with van der Waals surface area (Å²) in [6.07, 6.45) is 2.75. The molecule has 1 aromatic rings. The highest BCUT2D eigenvalue weighted by Gasteiger charge is 2.35. The Morgan fingerprint density at radius 2 is 2.33 bits per heavy atom. The fraction of sp³-hybridized carbons (Fsp3) is 0.562. The van der Waals surface area contributed by atoms with E-state index < -0.39 is 0 Å². The van der Waals surface area contributed by atoms with E-state index in [4.69, 9.17) is 16.3 Å². The van der Waals surface area contributed by atoms with Crippen LogP contribution < -0.4 is 10.6 Å². The Morgan fingerprint density at radius 3 is 3.05 bits per heavy atom. The minimum Gasteiger partial charge on any atom is -0.378 e. The van der Waals surface area contributed by atoms with Gasteiger partial charge in [0.25, 0.3) is 0 Å². The van der Waals surface area contributed by atoms with Gasteiger partial charge in [0, 0.05) is 29.3 Å². The molecule has 2 aliphatic heterocycles. The normalized spacial score (nSPS) is 25.8. The van der Waals surface area contributed by atoms with Crippen molar-refractivity contribution in [2.45, 2.75) is 38.3 Å². The number of amides is 1. The Bertz CT molecular complexity index is 561. The highest BCUT2D eigenvalue weighted by Crippen LogP contribution is 2.40. The van der Waals surface area contributed by atoms with Crippen LogP contribution in [0.15, 0.2) is 12.1 Å². The molecule has 1 saturated heterocycles. The number of hydrogen-bond acceptors (Lipinski definition) is 3. The largest absolute Gasteiger partial charge is 0.378 e. The molecule has 0 saturated carbocycles. The van der Waals surface area contributed by atoms with Gasteiger partial charge in [0.2, 0.25) is 5.91 Å². The van der Waals surface area contributed by atoms with Gasteiger partial charge in [0.15, 0.2) is 0 Å². The molecule has 4 nitrogen and oxygen atoms in total. The minimum atomic E-state index is 0.0369. The number of nitrogens with one attached hydrogen (secondary N) is 2. The molecule has 1 fully saturated rings. The molecule has 2 N–H and O–H groups in total. The summed E-state index contributed by atoms with van der Waals surface area (Å²) in [4.78, 5) is 11.5. The lowest BCUT2D eigenvalue weighted by Crippen LogP contribution is -2.31. The third-order valence-electron chi connectivity index (χ3n) is 4.58. The molecule has 3 rings (SSSR count). The molecule has 0 bridgehead atoms. The van der Waals surface area contributed by atoms with Crippen LogP contribution in [0.4, 0.5) is 5.69 Å². The number of fused-ring (bicyclic) bond motifs is 1. The molecule has 114 valence electrons. The van der Waals surface area contributed by atoms with Crippen molar-refractivity contribution in [2.75, 3.05) is 19.0 Å². The van der Waals surface area contributed by atoms with Crippen LogP contribution in [0.3, 0.4) is 0 Å². The van der Waals surface area contributed by atoms with Gasteiger partial charge in [0.1, 0.15) is 0 Å². The van der Waals surface area contributed by atoms with Gasteiger partial charge in [-0.2, -0.15) is 0 Å². The fourth-order valence-corrected chi connectivity index (χ4v) is 3.85. The minimum absolute atomic E-state index is 0.0369. The summed E-state index contributed by atoms with van der Waals surface area (Å²) in [6, 6.07) is 4.10. The van der Waals surface area contributed by atoms with Crippen molar-refractivity contribution < 1.29 is 9.53 Å². The Morgan fingerprint density at radius 1 is 1.52 bits per heavy atom. The van der Waals surface area contributed by atoms with Crippen molar-refractivity contribution in [3.63, 3.8) is 0 Å². The van der Waals surface area contributed by atoms with Crippen molar-refractivity contribution in [3.05, 3.63) is 28.3 Å². The first kappa shape index (κ1) is 14.8. The molecule has 5 heteroatoms. The summed E-state index contributed by atoms with van der Waals surface area (Å²) < 4.78 is 5.82. The zero-order valence-corrected chi connectivity index (χ0v) is 13.2. The highest BCUT2D eigenvalue weighted by molar-refractivity contribution is 6.32. The van der Waals surface area contributed by atoms with Crippen LogP contribution in [0.2, 0.25) is 5.02 Å². The SMILES string of the molecule is CCC1OCCC1C(NC)c1cc2c(cc1Cl)NC(=O)C2. The molecule has 21 heavy (non-hydrogen) atoms. The van der Waals surface area contributed by atoms with Gasteiger partial charge in [-0.25, -0.2) is 0 Å². The number of ether oxygens (including phenoxy) is 1. The lowest BCUT2D eigenvalue weighted by atomic mass is 9.86. The monoisotopic (exact) mass is 308 g/mol. The third-order valence-corrected chi connectivity index (χ3v) is 4.91. The summed E-state index contributed by atoms with van der Waals surface area (Å²) in [7, 11) is 1.96. The first-order valence-corrected chi connectivity index (χ1v) is 7.92. The zero-order valence-electron chi connectivity index (χ0n) is 12.4. The van der Waals surface area contributed by atoms with Crippen molar-refractivity contribution >= 4 is 23.2 Å². The summed E-state index contributed by atoms with van der Waals surface area (Å²) in [5.41, 5.74) is 2.95. The molecule has 3 atom stereocenters. The molecule has 0 spiro atoms. The lowest BCUT2D eigenvalue weighted by molar-refractivity contribution is -0.115. The van der Waals surface area contributed by atoms with Crippen molar-refractivity contribution in [2.24, 2.45) is 5.92 Å². The van der Waals surface area contributed by atoms with Gasteiger partial charge in [0.05, 0.1) is 12.5 Å². The Hall–Kier alpha value is -1.10. The van der Waals surface area contributed by atoms with Crippen LogP contribution in [0.5, 0.6) is 0 Å². The Labute approximate surface area is 130 Å². The summed E-state index contributed by atoms with van der Waals surface area (Å²) in [5.74, 6) is 0.454. The first-order chi connectivity index (χ1) is 10.1. The number of rotatable bonds is 4. The van der Waals surface area contributed by atoms with E-state index in [1.807, 2.05) is 13.1 Å². The number of carbonyl (C=O) groups excluding carboxylic acids is 1. The average molecular weight is 309 g/mol. The van der Waals surface area contributed by atoms with Crippen LogP contribution in [0.1, 0.15) is 36.9 Å². The van der Waals surface area contributed by atoms with Crippen molar-refractivity contribution in [1.82, 2.24) is 5.32 Å². The Kier molecular flexibility index (Phi) is 4.20. The van der Waals surface area contributed by atoms with Gasteiger partial charge in [-0.1, -0.05) is 24.6 Å². The molecule has 0 radical (unpaired) electrons. The van der Waals surface area contributed by atoms with E-state index in [2.05, 4.69) is 23.6 Å². The third kappa shape index (κ3) is 2.68. The van der Waals surface area contributed by atoms with Crippen molar-refractivity contribution in [3.8, 4) is 0 Å². The second-order valence-corrected chi connectivity index (χ2v) is 6.20. The Balaban J connectivity index is 1.94. The average Bonchev–Trinajstić information content (AvgIpc) is 3.05. The van der Waals surface area contributed by atoms with E-state index in [0.717, 1.165) is 36.3 Å². The van der Waals surface area contributed by atoms with Gasteiger partial charge in [-0.05, 0) is 37.1 Å². The van der Waals surface area contributed by atoms with E-state index in [1.54, 1.807) is 0 Å². The molecular weight excluding hydrogens is 288 g/mol. The van der Waals surface area contributed by atoms with Crippen LogP contribution >= 0.6 is 11.6 Å². The predicted molar refractivity (Wildman–Crippen MR) is 83.7 cm³/mol. The highest BCUT2D eigenvalue weighted by atomic mass is 35.5. The second-order valence-electron chi connectivity index (χ2n) is 5.79. The van der Waals surface area contributed by atoms with E-state index in [1.165, 1.54) is 0 Å². The van der Waals surface area contributed by atoms with Gasteiger partial charge < -0.3 is 15.4 Å². The molecule has 1 aromatic carbocycles. The molecule has 3 unspecified atom stereocenters. The number of anilines is 1. The quantitative estimate of drug-likeness (QED) is 0.899. The maximum atomic E-state index is 11.5. The smallest absolute Gasteiger partial charge is 0.228 e. The van der Waals surface area contributed by atoms with Crippen LogP contribution in [0, 0.1) is 5.92 Å². The predicted octanol–water partition coefficient (Wildman–Crippen LogP) is 2.91. The summed E-state index contributed by atoms with van der Waals surface area (Å²) in [5, 5.41) is 6.95. The molecule has 0 aromatic heterocycles. The number of hydrogen-bond donors (Lipinski definition) is 2. The molecule has 1 amide bonds. The van der Waals surface area contributed by atoms with Crippen LogP contribution in [-0.2, 0) is 16.0 Å². The fourth-order valence-electron chi connectivity index (χ4n) is 3.57. The topological polar surface area (TPSA) is 50.4 Å². The summed E-state index contributed by atoms with van der Waals surface area (Å²) >= 11 is 6.47. The number of halogens is 1. The zero-order chi connectivity index (χ0) is 15.0. The maximum absolute atomic E-state index is 11.5. The molecule has 2 aliphatic rings. The van der Waals surface area contributed by atoms with Gasteiger partial charge >= 0.3 is 0 Å². The van der Waals surface area contributed by atoms with Gasteiger partial charge in [-0.3, -0.25) is 4.79 Å². The second kappa shape index (κ2) is 5.95. The van der Waals surface area contributed by atoms with Crippen LogP contribution in [-0.4, -0.2) is 25.7 Å². The van der Waals surface area contributed by atoms with E-state index in [9.17, 15) is 4.79 Å². The van der Waals surface area contributed by atoms with Crippen molar-refractivity contribution in [1.29, 1.82) is 0 Å². The summed E-state index contributed by atoms with van der Waals surface area (Å²) in [6.45, 7) is 2.96. The number of benzene rings is 1. The number of carbonyl (C=O) groups is 1. The van der Waals surface area contributed by atoms with E-state index >= 15 is 0 Å². The molecule has 0 aliphatic carbocycles. The maximum Gasteiger partial charge on any atom is 0.228 e. The first-order valence-electron chi connectivity index (χ1n) is 7.55.